The number of rotatable bonds is 5. The van der Waals surface area contributed by atoms with Gasteiger partial charge in [0.15, 0.2) is 5.65 Å². The second kappa shape index (κ2) is 8.44. The lowest BCUT2D eigenvalue weighted by atomic mass is 9.96. The number of nitriles is 1. The van der Waals surface area contributed by atoms with Gasteiger partial charge in [-0.1, -0.05) is 18.2 Å². The number of pyridine rings is 1. The number of aromatic nitrogens is 3. The number of hydrogen-bond donors (Lipinski definition) is 0. The number of carbonyl (C=O) groups excluding carboxylic acids is 1. The molecule has 6 nitrogen and oxygen atoms in total. The third-order valence-electron chi connectivity index (χ3n) is 5.13. The predicted octanol–water partition coefficient (Wildman–Crippen LogP) is 3.24. The van der Waals surface area contributed by atoms with Crippen molar-refractivity contribution in [3.8, 4) is 6.07 Å². The summed E-state index contributed by atoms with van der Waals surface area (Å²) in [6, 6.07) is 15.6. The molecular formula is C21H21N5OS. The summed E-state index contributed by atoms with van der Waals surface area (Å²) < 4.78 is 2.05. The third-order valence-corrected chi connectivity index (χ3v) is 6.12. The normalized spacial score (nSPS) is 14.9. The lowest BCUT2D eigenvalue weighted by Crippen LogP contribution is -2.39. The Morgan fingerprint density at radius 2 is 1.93 bits per heavy atom. The van der Waals surface area contributed by atoms with Gasteiger partial charge < -0.3 is 4.90 Å². The minimum absolute atomic E-state index is 0.197. The largest absolute Gasteiger partial charge is 0.342 e. The van der Waals surface area contributed by atoms with E-state index in [1.807, 2.05) is 53.6 Å². The third kappa shape index (κ3) is 4.02. The predicted molar refractivity (Wildman–Crippen MR) is 109 cm³/mol. The number of carbonyl (C=O) groups is 1. The molecule has 0 spiro atoms. The molecule has 0 radical (unpaired) electrons. The summed E-state index contributed by atoms with van der Waals surface area (Å²) in [5.74, 6) is 2.80. The number of amides is 1. The van der Waals surface area contributed by atoms with E-state index >= 15 is 0 Å². The molecule has 1 aliphatic heterocycles. The van der Waals surface area contributed by atoms with E-state index in [2.05, 4.69) is 20.7 Å². The summed E-state index contributed by atoms with van der Waals surface area (Å²) in [6.07, 6.45) is 3.84. The van der Waals surface area contributed by atoms with Gasteiger partial charge in [-0.05, 0) is 42.7 Å². The second-order valence-corrected chi connectivity index (χ2v) is 7.93. The van der Waals surface area contributed by atoms with Crippen molar-refractivity contribution >= 4 is 23.3 Å². The molecule has 1 aromatic carbocycles. The van der Waals surface area contributed by atoms with Gasteiger partial charge in [-0.15, -0.1) is 22.0 Å². The molecule has 0 aliphatic carbocycles. The zero-order valence-corrected chi connectivity index (χ0v) is 16.3. The maximum atomic E-state index is 12.5. The van der Waals surface area contributed by atoms with E-state index < -0.39 is 0 Å². The minimum Gasteiger partial charge on any atom is -0.342 e. The molecule has 0 unspecified atom stereocenters. The van der Waals surface area contributed by atoms with E-state index in [9.17, 15) is 4.79 Å². The van der Waals surface area contributed by atoms with Crippen LogP contribution in [0.25, 0.3) is 5.65 Å². The van der Waals surface area contributed by atoms with E-state index in [0.717, 1.165) is 48.7 Å². The first-order valence-corrected chi connectivity index (χ1v) is 10.5. The van der Waals surface area contributed by atoms with Gasteiger partial charge in [0.25, 0.3) is 0 Å². The monoisotopic (exact) mass is 391 g/mol. The molecule has 1 fully saturated rings. The Balaban J connectivity index is 1.26. The average Bonchev–Trinajstić information content (AvgIpc) is 3.18. The molecule has 28 heavy (non-hydrogen) atoms. The molecule has 0 N–H and O–H groups in total. The van der Waals surface area contributed by atoms with Crippen molar-refractivity contribution in [1.82, 2.24) is 19.5 Å². The topological polar surface area (TPSA) is 74.3 Å². The van der Waals surface area contributed by atoms with Crippen molar-refractivity contribution in [2.45, 2.75) is 24.5 Å². The van der Waals surface area contributed by atoms with Crippen molar-refractivity contribution in [2.75, 3.05) is 18.8 Å². The lowest BCUT2D eigenvalue weighted by Gasteiger charge is -2.31. The molecule has 0 saturated carbocycles. The van der Waals surface area contributed by atoms with Crippen molar-refractivity contribution in [3.63, 3.8) is 0 Å². The molecule has 1 aliphatic rings. The summed E-state index contributed by atoms with van der Waals surface area (Å²) in [4.78, 5) is 14.5. The first-order chi connectivity index (χ1) is 13.7. The van der Waals surface area contributed by atoms with Crippen LogP contribution in [0.4, 0.5) is 0 Å². The number of piperidine rings is 1. The molecule has 1 saturated heterocycles. The van der Waals surface area contributed by atoms with Crippen LogP contribution in [0.3, 0.4) is 0 Å². The van der Waals surface area contributed by atoms with Crippen LogP contribution in [0, 0.1) is 11.3 Å². The van der Waals surface area contributed by atoms with Gasteiger partial charge in [0.05, 0.1) is 17.4 Å². The van der Waals surface area contributed by atoms with E-state index in [0.29, 0.717) is 17.2 Å². The van der Waals surface area contributed by atoms with Gasteiger partial charge in [-0.3, -0.25) is 9.20 Å². The van der Waals surface area contributed by atoms with Gasteiger partial charge in [-0.25, -0.2) is 0 Å². The maximum Gasteiger partial charge on any atom is 0.232 e. The van der Waals surface area contributed by atoms with Gasteiger partial charge in [0, 0.05) is 31.0 Å². The fraction of sp³-hybridized carbons (Fsp3) is 0.333. The molecular weight excluding hydrogens is 370 g/mol. The Labute approximate surface area is 168 Å². The van der Waals surface area contributed by atoms with Gasteiger partial charge in [0.2, 0.25) is 5.91 Å². The smallest absolute Gasteiger partial charge is 0.232 e. The molecule has 4 rings (SSSR count). The molecule has 7 heteroatoms. The highest BCUT2D eigenvalue weighted by Gasteiger charge is 2.26. The van der Waals surface area contributed by atoms with Crippen LogP contribution in [0.15, 0.2) is 48.7 Å². The molecule has 0 bridgehead atoms. The summed E-state index contributed by atoms with van der Waals surface area (Å²) in [7, 11) is 0. The number of likely N-dealkylation sites (tertiary alicyclic amines) is 1. The molecule has 3 aromatic rings. The van der Waals surface area contributed by atoms with Crippen molar-refractivity contribution in [1.29, 1.82) is 5.26 Å². The van der Waals surface area contributed by atoms with Crippen LogP contribution in [0.2, 0.25) is 0 Å². The number of thioether (sulfide) groups is 1. The number of nitrogens with zero attached hydrogens (tertiary/aromatic N) is 5. The Morgan fingerprint density at radius 3 is 2.68 bits per heavy atom. The van der Waals surface area contributed by atoms with Crippen LogP contribution in [-0.2, 0) is 10.5 Å². The van der Waals surface area contributed by atoms with E-state index in [1.165, 1.54) is 0 Å². The van der Waals surface area contributed by atoms with Crippen molar-refractivity contribution in [3.05, 3.63) is 65.6 Å². The lowest BCUT2D eigenvalue weighted by molar-refractivity contribution is -0.129. The highest BCUT2D eigenvalue weighted by Crippen LogP contribution is 2.27. The summed E-state index contributed by atoms with van der Waals surface area (Å²) in [5, 5.41) is 17.4. The molecule has 3 heterocycles. The van der Waals surface area contributed by atoms with Gasteiger partial charge >= 0.3 is 0 Å². The first kappa shape index (κ1) is 18.5. The number of hydrogen-bond acceptors (Lipinski definition) is 5. The fourth-order valence-corrected chi connectivity index (χ4v) is 4.44. The van der Waals surface area contributed by atoms with Crippen molar-refractivity contribution < 1.29 is 4.79 Å². The van der Waals surface area contributed by atoms with E-state index in [-0.39, 0.29) is 5.91 Å². The SMILES string of the molecule is N#Cc1ccc(CSCC(=O)N2CCC(c3nnc4ccccn34)CC2)cc1. The number of fused-ring (bicyclic) bond motifs is 1. The molecule has 142 valence electrons. The summed E-state index contributed by atoms with van der Waals surface area (Å²) in [6.45, 7) is 1.53. The zero-order valence-electron chi connectivity index (χ0n) is 15.5. The van der Waals surface area contributed by atoms with Crippen molar-refractivity contribution in [2.24, 2.45) is 0 Å². The molecule has 2 aromatic heterocycles. The second-order valence-electron chi connectivity index (χ2n) is 6.94. The van der Waals surface area contributed by atoms with E-state index in [4.69, 9.17) is 5.26 Å². The highest BCUT2D eigenvalue weighted by molar-refractivity contribution is 7.99. The Morgan fingerprint density at radius 1 is 1.14 bits per heavy atom. The van der Waals surface area contributed by atoms with Crippen LogP contribution in [0.1, 0.15) is 35.7 Å². The minimum atomic E-state index is 0.197. The average molecular weight is 392 g/mol. The summed E-state index contributed by atoms with van der Waals surface area (Å²) in [5.41, 5.74) is 2.66. The Bertz CT molecular complexity index is 1000. The first-order valence-electron chi connectivity index (χ1n) is 9.39. The molecule has 1 amide bonds. The van der Waals surface area contributed by atoms with Crippen LogP contribution >= 0.6 is 11.8 Å². The highest BCUT2D eigenvalue weighted by atomic mass is 32.2. The van der Waals surface area contributed by atoms with Crippen LogP contribution in [0.5, 0.6) is 0 Å². The van der Waals surface area contributed by atoms with Crippen LogP contribution < -0.4 is 0 Å². The molecule has 0 atom stereocenters. The van der Waals surface area contributed by atoms with Gasteiger partial charge in [-0.2, -0.15) is 5.26 Å². The Kier molecular flexibility index (Phi) is 5.58. The van der Waals surface area contributed by atoms with Crippen LogP contribution in [-0.4, -0.2) is 44.2 Å². The zero-order chi connectivity index (χ0) is 19.3. The quantitative estimate of drug-likeness (QED) is 0.667. The standard InChI is InChI=1S/C21H21N5OS/c22-13-16-4-6-17(7-5-16)14-28-15-20(27)25-11-8-18(9-12-25)21-24-23-19-3-1-2-10-26(19)21/h1-7,10,18H,8-9,11-12,14-15H2. The van der Waals surface area contributed by atoms with E-state index in [1.54, 1.807) is 11.8 Å². The maximum absolute atomic E-state index is 12.5. The Hall–Kier alpha value is -2.85. The van der Waals surface area contributed by atoms with Gasteiger partial charge in [0.1, 0.15) is 5.82 Å². The summed E-state index contributed by atoms with van der Waals surface area (Å²) >= 11 is 1.62. The number of benzene rings is 1. The fourth-order valence-electron chi connectivity index (χ4n) is 3.55.